The molecule has 0 saturated heterocycles. The minimum absolute atomic E-state index is 0.366. The second-order valence-corrected chi connectivity index (χ2v) is 5.83. The highest BCUT2D eigenvalue weighted by molar-refractivity contribution is 8.15. The molecule has 0 N–H and O–H groups in total. The van der Waals surface area contributed by atoms with Crippen LogP contribution in [0.1, 0.15) is 24.5 Å². The van der Waals surface area contributed by atoms with Gasteiger partial charge in [-0.1, -0.05) is 79.3 Å². The van der Waals surface area contributed by atoms with Crippen LogP contribution < -0.4 is 0 Å². The van der Waals surface area contributed by atoms with Crippen molar-refractivity contribution < 1.29 is 0 Å². The SMILES string of the molecule is CCC1SC(c2ccccc2)=NN=C1c1ccccc1. The Bertz CT molecular complexity index is 633. The molecule has 1 heterocycles. The summed E-state index contributed by atoms with van der Waals surface area (Å²) in [6.45, 7) is 2.20. The largest absolute Gasteiger partial charge is 0.153 e. The number of hydrogen-bond donors (Lipinski definition) is 0. The number of benzene rings is 2. The van der Waals surface area contributed by atoms with Crippen LogP contribution in [0.5, 0.6) is 0 Å². The zero-order valence-corrected chi connectivity index (χ0v) is 12.2. The van der Waals surface area contributed by atoms with E-state index in [9.17, 15) is 0 Å². The van der Waals surface area contributed by atoms with E-state index >= 15 is 0 Å². The van der Waals surface area contributed by atoms with Crippen LogP contribution >= 0.6 is 11.8 Å². The topological polar surface area (TPSA) is 24.7 Å². The molecular formula is C17H16N2S. The molecule has 2 aromatic rings. The van der Waals surface area contributed by atoms with Crippen molar-refractivity contribution in [3.63, 3.8) is 0 Å². The van der Waals surface area contributed by atoms with Crippen LogP contribution in [0, 0.1) is 0 Å². The predicted octanol–water partition coefficient (Wildman–Crippen LogP) is 4.36. The van der Waals surface area contributed by atoms with Gasteiger partial charge < -0.3 is 0 Å². The summed E-state index contributed by atoms with van der Waals surface area (Å²) in [7, 11) is 0. The maximum atomic E-state index is 4.49. The summed E-state index contributed by atoms with van der Waals surface area (Å²) < 4.78 is 0. The second kappa shape index (κ2) is 6.06. The Morgan fingerprint density at radius 1 is 0.850 bits per heavy atom. The van der Waals surface area contributed by atoms with Crippen LogP contribution in [0.15, 0.2) is 70.9 Å². The van der Waals surface area contributed by atoms with Gasteiger partial charge in [-0.25, -0.2) is 0 Å². The molecule has 20 heavy (non-hydrogen) atoms. The van der Waals surface area contributed by atoms with Gasteiger partial charge in [0.2, 0.25) is 0 Å². The highest BCUT2D eigenvalue weighted by Gasteiger charge is 2.23. The van der Waals surface area contributed by atoms with Crippen molar-refractivity contribution in [2.75, 3.05) is 0 Å². The summed E-state index contributed by atoms with van der Waals surface area (Å²) in [4.78, 5) is 0. The van der Waals surface area contributed by atoms with Gasteiger partial charge in [-0.05, 0) is 12.0 Å². The molecule has 0 spiro atoms. The highest BCUT2D eigenvalue weighted by Crippen LogP contribution is 2.28. The molecule has 2 aromatic carbocycles. The molecule has 0 fully saturated rings. The lowest BCUT2D eigenvalue weighted by Crippen LogP contribution is -2.23. The standard InChI is InChI=1S/C17H16N2S/c1-2-15-16(13-9-5-3-6-10-13)18-19-17(20-15)14-11-7-4-8-12-14/h3-12,15H,2H2,1H3. The van der Waals surface area contributed by atoms with Crippen LogP contribution in [0.25, 0.3) is 0 Å². The quantitative estimate of drug-likeness (QED) is 0.819. The van der Waals surface area contributed by atoms with Crippen LogP contribution in [0.4, 0.5) is 0 Å². The van der Waals surface area contributed by atoms with Gasteiger partial charge in [0.15, 0.2) is 0 Å². The number of hydrogen-bond acceptors (Lipinski definition) is 3. The molecule has 1 aliphatic heterocycles. The Morgan fingerprint density at radius 2 is 1.45 bits per heavy atom. The van der Waals surface area contributed by atoms with Gasteiger partial charge in [-0.15, -0.1) is 5.10 Å². The zero-order valence-electron chi connectivity index (χ0n) is 11.4. The summed E-state index contributed by atoms with van der Waals surface area (Å²) in [5.74, 6) is 0. The fourth-order valence-corrected chi connectivity index (χ4v) is 3.30. The summed E-state index contributed by atoms with van der Waals surface area (Å²) in [5.41, 5.74) is 3.40. The van der Waals surface area contributed by atoms with Crippen LogP contribution in [0.2, 0.25) is 0 Å². The van der Waals surface area contributed by atoms with E-state index in [1.54, 1.807) is 11.8 Å². The lowest BCUT2D eigenvalue weighted by molar-refractivity contribution is 0.996. The van der Waals surface area contributed by atoms with E-state index in [1.165, 1.54) is 5.56 Å². The first-order chi connectivity index (χ1) is 9.88. The average molecular weight is 280 g/mol. The molecule has 1 aliphatic rings. The van der Waals surface area contributed by atoms with Gasteiger partial charge in [0.05, 0.1) is 11.0 Å². The molecule has 0 saturated carbocycles. The Labute approximate surface area is 123 Å². The smallest absolute Gasteiger partial charge is 0.127 e. The summed E-state index contributed by atoms with van der Waals surface area (Å²) in [6, 6.07) is 20.6. The Balaban J connectivity index is 1.96. The molecule has 1 atom stereocenters. The van der Waals surface area contributed by atoms with Crippen molar-refractivity contribution in [1.29, 1.82) is 0 Å². The van der Waals surface area contributed by atoms with E-state index in [0.29, 0.717) is 5.25 Å². The van der Waals surface area contributed by atoms with Crippen molar-refractivity contribution in [3.05, 3.63) is 71.8 Å². The van der Waals surface area contributed by atoms with Crippen molar-refractivity contribution >= 4 is 22.5 Å². The van der Waals surface area contributed by atoms with Gasteiger partial charge in [0, 0.05) is 5.56 Å². The van der Waals surface area contributed by atoms with Crippen molar-refractivity contribution in [1.82, 2.24) is 0 Å². The van der Waals surface area contributed by atoms with E-state index in [-0.39, 0.29) is 0 Å². The molecule has 0 amide bonds. The van der Waals surface area contributed by atoms with Gasteiger partial charge in [0.25, 0.3) is 0 Å². The summed E-state index contributed by atoms with van der Waals surface area (Å²) in [6.07, 6.45) is 1.05. The van der Waals surface area contributed by atoms with Gasteiger partial charge in [0.1, 0.15) is 5.04 Å². The first-order valence-corrected chi connectivity index (χ1v) is 7.69. The third-order valence-corrected chi connectivity index (χ3v) is 4.65. The molecule has 3 rings (SSSR count). The molecule has 0 aliphatic carbocycles. The molecule has 1 unspecified atom stereocenters. The third kappa shape index (κ3) is 2.68. The maximum Gasteiger partial charge on any atom is 0.127 e. The fraction of sp³-hybridized carbons (Fsp3) is 0.176. The molecule has 100 valence electrons. The lowest BCUT2D eigenvalue weighted by atomic mass is 10.1. The Morgan fingerprint density at radius 3 is 2.05 bits per heavy atom. The average Bonchev–Trinajstić information content (AvgIpc) is 2.56. The first-order valence-electron chi connectivity index (χ1n) is 6.81. The highest BCUT2D eigenvalue weighted by atomic mass is 32.2. The normalized spacial score (nSPS) is 18.4. The van der Waals surface area contributed by atoms with Crippen molar-refractivity contribution in [3.8, 4) is 0 Å². The van der Waals surface area contributed by atoms with Gasteiger partial charge in [-0.3, -0.25) is 0 Å². The zero-order chi connectivity index (χ0) is 13.8. The van der Waals surface area contributed by atoms with Crippen molar-refractivity contribution in [2.24, 2.45) is 10.2 Å². The minimum Gasteiger partial charge on any atom is -0.153 e. The summed E-state index contributed by atoms with van der Waals surface area (Å²) >= 11 is 1.81. The third-order valence-electron chi connectivity index (χ3n) is 3.27. The van der Waals surface area contributed by atoms with E-state index in [2.05, 4.69) is 41.4 Å². The molecule has 2 nitrogen and oxygen atoms in total. The number of thioether (sulfide) groups is 1. The maximum absolute atomic E-state index is 4.49. The number of nitrogens with zero attached hydrogens (tertiary/aromatic N) is 2. The van der Waals surface area contributed by atoms with Crippen molar-refractivity contribution in [2.45, 2.75) is 18.6 Å². The number of rotatable bonds is 3. The minimum atomic E-state index is 0.366. The fourth-order valence-electron chi connectivity index (χ4n) is 2.21. The Kier molecular flexibility index (Phi) is 3.97. The van der Waals surface area contributed by atoms with E-state index in [1.807, 2.05) is 36.4 Å². The summed E-state index contributed by atoms with van der Waals surface area (Å²) in [5, 5.41) is 10.3. The molecular weight excluding hydrogens is 264 g/mol. The Hall–Kier alpha value is -1.87. The van der Waals surface area contributed by atoms with Crippen LogP contribution in [-0.4, -0.2) is 16.0 Å². The second-order valence-electron chi connectivity index (χ2n) is 4.64. The van der Waals surface area contributed by atoms with E-state index in [4.69, 9.17) is 0 Å². The van der Waals surface area contributed by atoms with E-state index in [0.717, 1.165) is 22.7 Å². The molecule has 0 aromatic heterocycles. The molecule has 0 radical (unpaired) electrons. The van der Waals surface area contributed by atoms with E-state index < -0.39 is 0 Å². The first kappa shape index (κ1) is 13.1. The van der Waals surface area contributed by atoms with Crippen LogP contribution in [-0.2, 0) is 0 Å². The molecule has 0 bridgehead atoms. The van der Waals surface area contributed by atoms with Gasteiger partial charge in [-0.2, -0.15) is 5.10 Å². The monoisotopic (exact) mass is 280 g/mol. The lowest BCUT2D eigenvalue weighted by Gasteiger charge is -2.21. The van der Waals surface area contributed by atoms with Crippen LogP contribution in [0.3, 0.4) is 0 Å². The predicted molar refractivity (Wildman–Crippen MR) is 87.6 cm³/mol. The molecule has 3 heteroatoms. The van der Waals surface area contributed by atoms with Gasteiger partial charge >= 0.3 is 0 Å².